The molecule has 10 heteroatoms. The van der Waals surface area contributed by atoms with Gasteiger partial charge in [-0.25, -0.2) is 19.6 Å². The normalized spacial score (nSPS) is 16.8. The second-order valence-corrected chi connectivity index (χ2v) is 25.6. The van der Waals surface area contributed by atoms with E-state index in [1.54, 1.807) is 9.80 Å². The Balaban J connectivity index is 1.29. The second-order valence-electron chi connectivity index (χ2n) is 25.6. The van der Waals surface area contributed by atoms with Crippen molar-refractivity contribution in [1.82, 2.24) is 19.9 Å². The Morgan fingerprint density at radius 2 is 0.756 bits per heavy atom. The van der Waals surface area contributed by atoms with Crippen LogP contribution >= 0.6 is 0 Å². The highest BCUT2D eigenvalue weighted by Crippen LogP contribution is 2.44. The minimum Gasteiger partial charge on any atom is -0.447 e. The molecule has 11 rings (SSSR count). The van der Waals surface area contributed by atoms with E-state index in [4.69, 9.17) is 19.4 Å². The Morgan fingerprint density at radius 1 is 0.436 bits per heavy atom. The number of aromatic nitrogens is 4. The number of hydrogen-bond acceptors (Lipinski definition) is 6. The molecule has 0 aliphatic carbocycles. The summed E-state index contributed by atoms with van der Waals surface area (Å²) >= 11 is 0. The molecular formula is C68H72N6O4. The number of fused-ring (bicyclic) bond motifs is 8. The van der Waals surface area contributed by atoms with E-state index in [0.29, 0.717) is 58.0 Å². The van der Waals surface area contributed by atoms with Gasteiger partial charge in [0.1, 0.15) is 13.2 Å². The van der Waals surface area contributed by atoms with Gasteiger partial charge in [-0.15, -0.1) is 0 Å². The van der Waals surface area contributed by atoms with E-state index in [-0.39, 0.29) is 47.0 Å². The molecule has 2 saturated heterocycles. The van der Waals surface area contributed by atoms with Crippen molar-refractivity contribution in [3.8, 4) is 22.3 Å². The van der Waals surface area contributed by atoms with Crippen LogP contribution < -0.4 is 9.80 Å². The highest BCUT2D eigenvalue weighted by molar-refractivity contribution is 6.04. The van der Waals surface area contributed by atoms with Gasteiger partial charge >= 0.3 is 12.2 Å². The van der Waals surface area contributed by atoms with Gasteiger partial charge in [-0.2, -0.15) is 0 Å². The predicted molar refractivity (Wildman–Crippen MR) is 320 cm³/mol. The molecule has 0 spiro atoms. The van der Waals surface area contributed by atoms with E-state index in [9.17, 15) is 9.59 Å². The van der Waals surface area contributed by atoms with Crippen molar-refractivity contribution in [2.45, 2.75) is 130 Å². The number of rotatable bonds is 8. The van der Waals surface area contributed by atoms with Gasteiger partial charge in [0.05, 0.1) is 57.3 Å². The van der Waals surface area contributed by atoms with Crippen molar-refractivity contribution in [1.29, 1.82) is 0 Å². The molecule has 2 fully saturated rings. The maximum atomic E-state index is 14.5. The van der Waals surface area contributed by atoms with Crippen molar-refractivity contribution in [3.05, 3.63) is 177 Å². The van der Waals surface area contributed by atoms with Crippen LogP contribution in [0.5, 0.6) is 0 Å². The van der Waals surface area contributed by atoms with Crippen LogP contribution in [0.15, 0.2) is 121 Å². The molecule has 10 nitrogen and oxygen atoms in total. The summed E-state index contributed by atoms with van der Waals surface area (Å²) in [7, 11) is 0. The third kappa shape index (κ3) is 10.1. The van der Waals surface area contributed by atoms with Crippen molar-refractivity contribution in [2.75, 3.05) is 23.0 Å². The number of ether oxygens (including phenoxy) is 2. The quantitative estimate of drug-likeness (QED) is 0.157. The lowest BCUT2D eigenvalue weighted by Gasteiger charge is -2.26. The minimum absolute atomic E-state index is 0.180. The number of cyclic esters (lactones) is 2. The van der Waals surface area contributed by atoms with Crippen LogP contribution in [0, 0.1) is 0 Å². The summed E-state index contributed by atoms with van der Waals surface area (Å²) in [5.74, 6) is 0. The van der Waals surface area contributed by atoms with Gasteiger partial charge in [-0.3, -0.25) is 9.80 Å². The SMILES string of the molecule is CC(C)(C)c1cc(-c2c3nc(c(N4C(=O)OCC4Cc4ccccc4)c4ccc([nH]4)c(-c4cc(C(C)(C)C)cc(C(C)(C)C)c4)c4nc(c(N5C(=O)OCC5Cc5ccccc5)c5ccc2[nH]5)C=C4)C=C3)cc(C(C)(C)C)c1. The monoisotopic (exact) mass is 1040 g/mol. The molecule has 7 heterocycles. The number of carbonyl (C=O) groups excluding carboxylic acids is 2. The Bertz CT molecular complexity index is 3430. The van der Waals surface area contributed by atoms with Crippen LogP contribution in [0.2, 0.25) is 0 Å². The first-order valence-corrected chi connectivity index (χ1v) is 27.5. The standard InChI is InChI=1S/C68H72N6O4/c1-65(2,3)45-33-43(34-46(37-45)66(4,5)6)59-51-23-27-55(69-51)61(73-49(39-77-63(73)75)31-41-19-15-13-16-20-41)57-29-25-53(71-57)60(44-35-47(67(7,8)9)38-48(36-44)68(10,11)12)54-26-30-58(72-54)62(56-28-24-52(59)70-56)74-50(40-78-64(74)76)32-42-21-17-14-18-22-42/h13-30,33-38,49-50,69,72H,31-32,39-40H2,1-12H3. The molecule has 3 aromatic heterocycles. The van der Waals surface area contributed by atoms with Gasteiger partial charge in [-0.05, 0) is 128 Å². The highest BCUT2D eigenvalue weighted by Gasteiger charge is 2.39. The third-order valence-corrected chi connectivity index (χ3v) is 15.6. The Labute approximate surface area is 459 Å². The maximum Gasteiger partial charge on any atom is 0.414 e. The first-order chi connectivity index (χ1) is 37.0. The van der Waals surface area contributed by atoms with Crippen molar-refractivity contribution in [3.63, 3.8) is 0 Å². The fourth-order valence-corrected chi connectivity index (χ4v) is 11.1. The third-order valence-electron chi connectivity index (χ3n) is 15.6. The van der Waals surface area contributed by atoms with Gasteiger partial charge in [0.25, 0.3) is 0 Å². The number of benzene rings is 4. The fraction of sp³-hybridized carbons (Fsp3) is 0.324. The number of carbonyl (C=O) groups is 2. The van der Waals surface area contributed by atoms with Gasteiger partial charge < -0.3 is 19.4 Å². The van der Waals surface area contributed by atoms with E-state index in [1.165, 1.54) is 22.3 Å². The molecule has 2 amide bonds. The first kappa shape index (κ1) is 52.1. The molecule has 2 atom stereocenters. The number of nitrogens with one attached hydrogen (secondary N) is 2. The molecule has 4 aliphatic rings. The number of hydrogen-bond donors (Lipinski definition) is 2. The summed E-state index contributed by atoms with van der Waals surface area (Å²) in [6.07, 6.45) is 8.48. The minimum atomic E-state index is -0.430. The summed E-state index contributed by atoms with van der Waals surface area (Å²) in [6, 6.07) is 42.0. The molecule has 7 aromatic rings. The van der Waals surface area contributed by atoms with E-state index in [0.717, 1.165) is 44.4 Å². The van der Waals surface area contributed by atoms with E-state index in [2.05, 4.69) is 190 Å². The van der Waals surface area contributed by atoms with Crippen LogP contribution in [0.1, 0.15) is 139 Å². The van der Waals surface area contributed by atoms with Crippen molar-refractivity contribution >= 4 is 69.9 Å². The highest BCUT2D eigenvalue weighted by atomic mass is 16.6. The fourth-order valence-electron chi connectivity index (χ4n) is 11.1. The zero-order valence-corrected chi connectivity index (χ0v) is 47.3. The van der Waals surface area contributed by atoms with Gasteiger partial charge in [0, 0.05) is 22.2 Å². The summed E-state index contributed by atoms with van der Waals surface area (Å²) in [5.41, 5.74) is 16.9. The molecule has 2 N–H and O–H groups in total. The van der Waals surface area contributed by atoms with E-state index >= 15 is 0 Å². The first-order valence-electron chi connectivity index (χ1n) is 27.5. The number of H-pyrrole nitrogens is 2. The predicted octanol–water partition coefficient (Wildman–Crippen LogP) is 16.3. The summed E-state index contributed by atoms with van der Waals surface area (Å²) < 4.78 is 12.0. The Morgan fingerprint density at radius 3 is 1.09 bits per heavy atom. The average molecular weight is 1040 g/mol. The van der Waals surface area contributed by atoms with Gasteiger partial charge in [-0.1, -0.05) is 180 Å². The summed E-state index contributed by atoms with van der Waals surface area (Å²) in [4.78, 5) is 51.6. The largest absolute Gasteiger partial charge is 0.447 e. The van der Waals surface area contributed by atoms with Gasteiger partial charge in [0.15, 0.2) is 0 Å². The Kier molecular flexibility index (Phi) is 13.0. The molecule has 398 valence electrons. The number of aromatic amines is 2. The molecule has 78 heavy (non-hydrogen) atoms. The molecule has 4 aliphatic heterocycles. The lowest BCUT2D eigenvalue weighted by atomic mass is 9.78. The van der Waals surface area contributed by atoms with Crippen LogP contribution in [0.3, 0.4) is 0 Å². The smallest absolute Gasteiger partial charge is 0.414 e. The second kappa shape index (κ2) is 19.5. The van der Waals surface area contributed by atoms with Crippen LogP contribution in [0.25, 0.3) is 68.6 Å². The molecule has 0 radical (unpaired) electrons. The van der Waals surface area contributed by atoms with Crippen molar-refractivity contribution in [2.24, 2.45) is 0 Å². The molecule has 4 aromatic carbocycles. The zero-order valence-electron chi connectivity index (χ0n) is 47.3. The van der Waals surface area contributed by atoms with Crippen LogP contribution in [0.4, 0.5) is 21.0 Å². The zero-order chi connectivity index (χ0) is 55.1. The summed E-state index contributed by atoms with van der Waals surface area (Å²) in [5, 5.41) is 0. The van der Waals surface area contributed by atoms with Crippen molar-refractivity contribution < 1.29 is 19.1 Å². The maximum absolute atomic E-state index is 14.5. The Hall–Kier alpha value is -7.98. The van der Waals surface area contributed by atoms with E-state index in [1.807, 2.05) is 48.6 Å². The summed E-state index contributed by atoms with van der Waals surface area (Å²) in [6.45, 7) is 27.4. The lowest BCUT2D eigenvalue weighted by molar-refractivity contribution is 0.178. The molecule has 0 saturated carbocycles. The molecule has 8 bridgehead atoms. The van der Waals surface area contributed by atoms with Crippen LogP contribution in [-0.4, -0.2) is 57.4 Å². The van der Waals surface area contributed by atoms with Gasteiger partial charge in [0.2, 0.25) is 0 Å². The van der Waals surface area contributed by atoms with E-state index < -0.39 is 12.2 Å². The molecular weight excluding hydrogens is 965 g/mol. The topological polar surface area (TPSA) is 116 Å². The number of anilines is 2. The average Bonchev–Trinajstić information content (AvgIpc) is 4.39. The van der Waals surface area contributed by atoms with Crippen LogP contribution in [-0.2, 0) is 44.0 Å². The lowest BCUT2D eigenvalue weighted by Crippen LogP contribution is -2.35. The number of amides is 2. The number of nitrogens with zero attached hydrogens (tertiary/aromatic N) is 4. The molecule has 2 unspecified atom stereocenters.